The second kappa shape index (κ2) is 18.5. The smallest absolute Gasteiger partial charge is 0.164 e. The van der Waals surface area contributed by atoms with Crippen LogP contribution in [0.3, 0.4) is 0 Å². The van der Waals surface area contributed by atoms with E-state index in [1.165, 1.54) is 0 Å². The zero-order valence-corrected chi connectivity index (χ0v) is 36.6. The minimum atomic E-state index is 0.490. The van der Waals surface area contributed by atoms with Crippen molar-refractivity contribution in [2.24, 2.45) is 0 Å². The molecule has 0 unspecified atom stereocenters. The molecule has 0 bridgehead atoms. The molecule has 2 aromatic heterocycles. The van der Waals surface area contributed by atoms with E-state index in [1.807, 2.05) is 188 Å². The second-order valence-corrected chi connectivity index (χ2v) is 16.1. The monoisotopic (exact) mass is 869 g/mol. The van der Waals surface area contributed by atoms with E-state index in [9.17, 15) is 5.26 Å². The highest BCUT2D eigenvalue weighted by atomic mass is 15.0. The first-order chi connectivity index (χ1) is 33.7. The van der Waals surface area contributed by atoms with E-state index < -0.39 is 0 Å². The first-order valence-electron chi connectivity index (χ1n) is 22.4. The van der Waals surface area contributed by atoms with Crippen molar-refractivity contribution in [3.05, 3.63) is 242 Å². The third-order valence-electron chi connectivity index (χ3n) is 11.9. The molecule has 0 aliphatic heterocycles. The zero-order valence-electron chi connectivity index (χ0n) is 36.6. The van der Waals surface area contributed by atoms with Crippen molar-refractivity contribution in [1.82, 2.24) is 29.9 Å². The molecule has 318 valence electrons. The van der Waals surface area contributed by atoms with Crippen LogP contribution in [0.4, 0.5) is 0 Å². The van der Waals surface area contributed by atoms with E-state index in [0.29, 0.717) is 40.5 Å². The standard InChI is InChI=1S/C61H39N7/c62-40-55-49(47-32-15-19-36-53(47)60-65-56(43-26-9-3-10-27-43)63-58(67-60)51-34-17-13-30-45(51)41-22-5-1-6-23-41)38-21-39-50(55)48-33-16-20-37-54(48)61-66-57(44-28-11-4-12-29-44)64-59(68-61)52-35-18-14-31-46(52)42-24-7-2-8-25-42/h1-39H. The molecule has 0 fully saturated rings. The lowest BCUT2D eigenvalue weighted by atomic mass is 9.88. The van der Waals surface area contributed by atoms with Crippen molar-refractivity contribution in [3.8, 4) is 119 Å². The molecule has 0 N–H and O–H groups in total. The number of aromatic nitrogens is 6. The van der Waals surface area contributed by atoms with Gasteiger partial charge in [0, 0.05) is 44.5 Å². The quantitative estimate of drug-likeness (QED) is 0.135. The predicted octanol–water partition coefficient (Wildman–Crippen LogP) is 14.6. The van der Waals surface area contributed by atoms with Gasteiger partial charge in [0.2, 0.25) is 0 Å². The highest BCUT2D eigenvalue weighted by Crippen LogP contribution is 2.41. The number of nitrogens with zero attached hydrogens (tertiary/aromatic N) is 7. The Bertz CT molecular complexity index is 3400. The maximum Gasteiger partial charge on any atom is 0.164 e. The second-order valence-electron chi connectivity index (χ2n) is 16.1. The van der Waals surface area contributed by atoms with Gasteiger partial charge in [-0.25, -0.2) is 29.9 Å². The molecule has 0 saturated heterocycles. The van der Waals surface area contributed by atoms with Gasteiger partial charge in [-0.1, -0.05) is 237 Å². The van der Waals surface area contributed by atoms with E-state index in [1.54, 1.807) is 0 Å². The maximum atomic E-state index is 11.3. The van der Waals surface area contributed by atoms with E-state index >= 15 is 0 Å². The Labute approximate surface area is 394 Å². The Kier molecular flexibility index (Phi) is 11.2. The molecule has 0 aliphatic carbocycles. The summed E-state index contributed by atoms with van der Waals surface area (Å²) < 4.78 is 0. The third-order valence-corrected chi connectivity index (χ3v) is 11.9. The van der Waals surface area contributed by atoms with Crippen molar-refractivity contribution in [3.63, 3.8) is 0 Å². The van der Waals surface area contributed by atoms with Crippen LogP contribution in [0.1, 0.15) is 5.56 Å². The summed E-state index contributed by atoms with van der Waals surface area (Å²) in [5, 5.41) is 11.3. The van der Waals surface area contributed by atoms with Gasteiger partial charge in [-0.15, -0.1) is 0 Å². The average molecular weight is 870 g/mol. The van der Waals surface area contributed by atoms with Crippen molar-refractivity contribution >= 4 is 0 Å². The van der Waals surface area contributed by atoms with Crippen LogP contribution in [0.15, 0.2) is 237 Å². The van der Waals surface area contributed by atoms with Gasteiger partial charge in [0.15, 0.2) is 34.9 Å². The fourth-order valence-electron chi connectivity index (χ4n) is 8.71. The molecule has 0 aliphatic rings. The highest BCUT2D eigenvalue weighted by Gasteiger charge is 2.23. The Morgan fingerprint density at radius 2 is 0.441 bits per heavy atom. The molecule has 0 atom stereocenters. The van der Waals surface area contributed by atoms with Gasteiger partial charge in [-0.05, 0) is 33.4 Å². The molecule has 0 spiro atoms. The summed E-state index contributed by atoms with van der Waals surface area (Å²) in [6.45, 7) is 0. The summed E-state index contributed by atoms with van der Waals surface area (Å²) >= 11 is 0. The van der Waals surface area contributed by atoms with Crippen LogP contribution in [0.5, 0.6) is 0 Å². The van der Waals surface area contributed by atoms with Crippen LogP contribution in [-0.2, 0) is 0 Å². The van der Waals surface area contributed by atoms with Crippen LogP contribution in [-0.4, -0.2) is 29.9 Å². The molecule has 2 heterocycles. The minimum absolute atomic E-state index is 0.490. The topological polar surface area (TPSA) is 101 Å². The van der Waals surface area contributed by atoms with Gasteiger partial charge >= 0.3 is 0 Å². The fraction of sp³-hybridized carbons (Fsp3) is 0. The summed E-state index contributed by atoms with van der Waals surface area (Å²) in [4.78, 5) is 30.9. The molecule has 9 aromatic carbocycles. The van der Waals surface area contributed by atoms with Crippen molar-refractivity contribution in [2.75, 3.05) is 0 Å². The summed E-state index contributed by atoms with van der Waals surface area (Å²) in [7, 11) is 0. The van der Waals surface area contributed by atoms with Gasteiger partial charge in [0.05, 0.1) is 5.56 Å². The number of nitriles is 1. The lowest BCUT2D eigenvalue weighted by Crippen LogP contribution is -2.03. The molecule has 7 nitrogen and oxygen atoms in total. The highest BCUT2D eigenvalue weighted by molar-refractivity contribution is 5.93. The van der Waals surface area contributed by atoms with Crippen molar-refractivity contribution < 1.29 is 0 Å². The van der Waals surface area contributed by atoms with Gasteiger partial charge in [-0.3, -0.25) is 0 Å². The minimum Gasteiger partial charge on any atom is -0.208 e. The molecular formula is C61H39N7. The Balaban J connectivity index is 1.07. The summed E-state index contributed by atoms with van der Waals surface area (Å²) in [5.41, 5.74) is 12.7. The van der Waals surface area contributed by atoms with Crippen LogP contribution in [0.25, 0.3) is 113 Å². The van der Waals surface area contributed by atoms with Gasteiger partial charge in [-0.2, -0.15) is 5.26 Å². The molecule has 11 aromatic rings. The SMILES string of the molecule is N#Cc1c(-c2ccccc2-c2nc(-c3ccccc3)nc(-c3ccccc3-c3ccccc3)n2)cccc1-c1ccccc1-c1nc(-c2ccccc2)nc(-c2ccccc2-c2ccccc2)n1. The fourth-order valence-corrected chi connectivity index (χ4v) is 8.71. The molecular weight excluding hydrogens is 831 g/mol. The lowest BCUT2D eigenvalue weighted by molar-refractivity contribution is 1.07. The average Bonchev–Trinajstić information content (AvgIpc) is 3.43. The normalized spacial score (nSPS) is 10.9. The molecule has 0 amide bonds. The Morgan fingerprint density at radius 3 is 0.765 bits per heavy atom. The van der Waals surface area contributed by atoms with Gasteiger partial charge in [0.25, 0.3) is 0 Å². The van der Waals surface area contributed by atoms with Crippen LogP contribution < -0.4 is 0 Å². The number of hydrogen-bond acceptors (Lipinski definition) is 7. The predicted molar refractivity (Wildman–Crippen MR) is 272 cm³/mol. The van der Waals surface area contributed by atoms with Gasteiger partial charge < -0.3 is 0 Å². The maximum absolute atomic E-state index is 11.3. The van der Waals surface area contributed by atoms with E-state index in [4.69, 9.17) is 29.9 Å². The molecule has 11 rings (SSSR count). The van der Waals surface area contributed by atoms with Gasteiger partial charge in [0.1, 0.15) is 6.07 Å². The Hall–Kier alpha value is -9.51. The molecule has 7 heteroatoms. The molecule has 0 saturated carbocycles. The van der Waals surface area contributed by atoms with Crippen molar-refractivity contribution in [2.45, 2.75) is 0 Å². The summed E-state index contributed by atoms with van der Waals surface area (Å²) in [6, 6.07) is 81.4. The van der Waals surface area contributed by atoms with Crippen molar-refractivity contribution in [1.29, 1.82) is 5.26 Å². The van der Waals surface area contributed by atoms with Crippen LogP contribution in [0, 0.1) is 11.3 Å². The number of rotatable bonds is 10. The number of hydrogen-bond donors (Lipinski definition) is 0. The van der Waals surface area contributed by atoms with Crippen LogP contribution >= 0.6 is 0 Å². The summed E-state index contributed by atoms with van der Waals surface area (Å²) in [6.07, 6.45) is 0. The van der Waals surface area contributed by atoms with E-state index in [2.05, 4.69) is 54.6 Å². The largest absolute Gasteiger partial charge is 0.208 e. The first-order valence-corrected chi connectivity index (χ1v) is 22.4. The first kappa shape index (κ1) is 41.2. The molecule has 68 heavy (non-hydrogen) atoms. The van der Waals surface area contributed by atoms with E-state index in [0.717, 1.165) is 77.9 Å². The molecule has 0 radical (unpaired) electrons. The summed E-state index contributed by atoms with van der Waals surface area (Å²) in [5.74, 6) is 3.16. The lowest BCUT2D eigenvalue weighted by Gasteiger charge is -2.17. The Morgan fingerprint density at radius 1 is 0.206 bits per heavy atom. The van der Waals surface area contributed by atoms with Crippen LogP contribution in [0.2, 0.25) is 0 Å². The number of benzene rings is 9. The third kappa shape index (κ3) is 8.11. The zero-order chi connectivity index (χ0) is 45.7. The van der Waals surface area contributed by atoms with E-state index in [-0.39, 0.29) is 0 Å².